The Bertz CT molecular complexity index is 980. The summed E-state index contributed by atoms with van der Waals surface area (Å²) in [5.74, 6) is -0.319. The molecular formula is C20H21F2N5OS. The number of amides is 1. The number of carbonyl (C=O) groups is 1. The Balaban J connectivity index is 1.58. The molecule has 1 aromatic carbocycles. The van der Waals surface area contributed by atoms with Gasteiger partial charge in [-0.25, -0.2) is 9.67 Å². The fraction of sp³-hybridized carbons (Fsp3) is 0.350. The first-order valence-electron chi connectivity index (χ1n) is 9.35. The summed E-state index contributed by atoms with van der Waals surface area (Å²) in [6.45, 7) is -1.75. The van der Waals surface area contributed by atoms with E-state index in [0.29, 0.717) is 30.6 Å². The van der Waals surface area contributed by atoms with Crippen molar-refractivity contribution in [3.8, 4) is 0 Å². The van der Waals surface area contributed by atoms with Crippen LogP contribution in [0.3, 0.4) is 0 Å². The van der Waals surface area contributed by atoms with Crippen LogP contribution in [0.2, 0.25) is 0 Å². The van der Waals surface area contributed by atoms with Gasteiger partial charge in [-0.3, -0.25) is 4.79 Å². The summed E-state index contributed by atoms with van der Waals surface area (Å²) in [6.07, 6.45) is 2.53. The topological polar surface area (TPSA) is 63.1 Å². The van der Waals surface area contributed by atoms with Gasteiger partial charge in [0.15, 0.2) is 10.8 Å². The van der Waals surface area contributed by atoms with Crippen LogP contribution in [0.25, 0.3) is 0 Å². The molecule has 152 valence electrons. The van der Waals surface area contributed by atoms with E-state index < -0.39 is 6.55 Å². The van der Waals surface area contributed by atoms with Crippen LogP contribution in [0.1, 0.15) is 41.1 Å². The van der Waals surface area contributed by atoms with Gasteiger partial charge >= 0.3 is 6.55 Å². The number of thiazole rings is 1. The van der Waals surface area contributed by atoms with Crippen LogP contribution in [0.5, 0.6) is 0 Å². The normalized spacial score (nSPS) is 16.2. The highest BCUT2D eigenvalue weighted by molar-refractivity contribution is 7.13. The maximum absolute atomic E-state index is 12.8. The average molecular weight is 417 g/mol. The summed E-state index contributed by atoms with van der Waals surface area (Å²) in [5, 5.41) is 9.72. The molecule has 0 radical (unpaired) electrons. The highest BCUT2D eigenvalue weighted by Gasteiger charge is 2.41. The van der Waals surface area contributed by atoms with Crippen LogP contribution < -0.4 is 5.32 Å². The summed E-state index contributed by atoms with van der Waals surface area (Å²) in [4.78, 5) is 19.2. The van der Waals surface area contributed by atoms with Gasteiger partial charge < -0.3 is 10.2 Å². The van der Waals surface area contributed by atoms with Gasteiger partial charge in [-0.05, 0) is 24.5 Å². The van der Waals surface area contributed by atoms with Crippen molar-refractivity contribution in [2.75, 3.05) is 25.5 Å². The lowest BCUT2D eigenvalue weighted by Crippen LogP contribution is -2.46. The second-order valence-corrected chi connectivity index (χ2v) is 7.84. The molecule has 0 bridgehead atoms. The van der Waals surface area contributed by atoms with E-state index in [0.717, 1.165) is 17.0 Å². The first kappa shape index (κ1) is 19.5. The fourth-order valence-electron chi connectivity index (χ4n) is 3.87. The van der Waals surface area contributed by atoms with Crippen molar-refractivity contribution >= 4 is 22.4 Å². The number of hydrogen-bond acceptors (Lipinski definition) is 5. The first-order valence-corrected chi connectivity index (χ1v) is 10.2. The van der Waals surface area contributed by atoms with E-state index in [1.807, 2.05) is 25.2 Å². The van der Waals surface area contributed by atoms with E-state index in [2.05, 4.69) is 27.9 Å². The molecule has 2 aromatic heterocycles. The number of nitrogens with one attached hydrogen (secondary N) is 1. The van der Waals surface area contributed by atoms with Crippen molar-refractivity contribution < 1.29 is 13.6 Å². The van der Waals surface area contributed by atoms with Crippen molar-refractivity contribution in [2.24, 2.45) is 0 Å². The molecule has 29 heavy (non-hydrogen) atoms. The SMILES string of the molecule is CNc1nc(C2(c3ccccc3)CCN(C(=O)c3ccn(C(F)F)n3)CC2)cs1. The molecule has 0 atom stereocenters. The number of halogens is 2. The molecule has 0 unspecified atom stereocenters. The molecule has 6 nitrogen and oxygen atoms in total. The van der Waals surface area contributed by atoms with Gasteiger partial charge in [0, 0.05) is 37.1 Å². The predicted octanol–water partition coefficient (Wildman–Crippen LogP) is 4.00. The van der Waals surface area contributed by atoms with Gasteiger partial charge in [-0.2, -0.15) is 13.9 Å². The lowest BCUT2D eigenvalue weighted by molar-refractivity contribution is 0.0544. The van der Waals surface area contributed by atoms with Crippen LogP contribution in [0.15, 0.2) is 48.0 Å². The van der Waals surface area contributed by atoms with E-state index in [1.165, 1.54) is 11.6 Å². The largest absolute Gasteiger partial charge is 0.365 e. The third-order valence-corrected chi connectivity index (χ3v) is 6.33. The number of alkyl halides is 2. The summed E-state index contributed by atoms with van der Waals surface area (Å²) in [5.41, 5.74) is 1.92. The number of carbonyl (C=O) groups excluding carboxylic acids is 1. The molecular weight excluding hydrogens is 396 g/mol. The average Bonchev–Trinajstić information content (AvgIpc) is 3.44. The molecule has 1 aliphatic heterocycles. The molecule has 1 aliphatic rings. The maximum atomic E-state index is 12.8. The Hall–Kier alpha value is -2.81. The third-order valence-electron chi connectivity index (χ3n) is 5.47. The zero-order valence-electron chi connectivity index (χ0n) is 15.9. The van der Waals surface area contributed by atoms with E-state index in [4.69, 9.17) is 4.98 Å². The number of benzene rings is 1. The van der Waals surface area contributed by atoms with Crippen LogP contribution in [-0.2, 0) is 5.41 Å². The molecule has 4 rings (SSSR count). The molecule has 3 heterocycles. The predicted molar refractivity (Wildman–Crippen MR) is 108 cm³/mol. The van der Waals surface area contributed by atoms with Crippen molar-refractivity contribution in [1.82, 2.24) is 19.7 Å². The summed E-state index contributed by atoms with van der Waals surface area (Å²) in [7, 11) is 1.84. The van der Waals surface area contributed by atoms with Crippen LogP contribution in [0.4, 0.5) is 13.9 Å². The van der Waals surface area contributed by atoms with Crippen molar-refractivity contribution in [3.05, 3.63) is 64.9 Å². The third kappa shape index (κ3) is 3.62. The van der Waals surface area contributed by atoms with Crippen molar-refractivity contribution in [2.45, 2.75) is 24.8 Å². The Morgan fingerprint density at radius 1 is 1.21 bits per heavy atom. The van der Waals surface area contributed by atoms with Gasteiger partial charge in [-0.1, -0.05) is 30.3 Å². The molecule has 1 fully saturated rings. The van der Waals surface area contributed by atoms with Crippen LogP contribution >= 0.6 is 11.3 Å². The summed E-state index contributed by atoms with van der Waals surface area (Å²) < 4.78 is 26.0. The minimum atomic E-state index is -2.75. The lowest BCUT2D eigenvalue weighted by atomic mass is 9.70. The summed E-state index contributed by atoms with van der Waals surface area (Å²) >= 11 is 1.56. The number of piperidine rings is 1. The fourth-order valence-corrected chi connectivity index (χ4v) is 4.64. The smallest absolute Gasteiger partial charge is 0.333 e. The molecule has 0 spiro atoms. The van der Waals surface area contributed by atoms with Gasteiger partial charge in [0.05, 0.1) is 5.69 Å². The number of hydrogen-bond donors (Lipinski definition) is 1. The monoisotopic (exact) mass is 417 g/mol. The highest BCUT2D eigenvalue weighted by atomic mass is 32.1. The maximum Gasteiger partial charge on any atom is 0.333 e. The zero-order chi connectivity index (χ0) is 20.4. The molecule has 1 N–H and O–H groups in total. The Kier molecular flexibility index (Phi) is 5.31. The van der Waals surface area contributed by atoms with Gasteiger partial charge in [0.2, 0.25) is 0 Å². The van der Waals surface area contributed by atoms with Crippen molar-refractivity contribution in [1.29, 1.82) is 0 Å². The Morgan fingerprint density at radius 2 is 1.93 bits per heavy atom. The van der Waals surface area contributed by atoms with Gasteiger partial charge in [0.25, 0.3) is 5.91 Å². The molecule has 0 saturated carbocycles. The molecule has 1 saturated heterocycles. The summed E-state index contributed by atoms with van der Waals surface area (Å²) in [6, 6.07) is 11.5. The second-order valence-electron chi connectivity index (χ2n) is 6.99. The number of nitrogens with zero attached hydrogens (tertiary/aromatic N) is 4. The molecule has 3 aromatic rings. The van der Waals surface area contributed by atoms with Crippen LogP contribution in [0, 0.1) is 0 Å². The number of aromatic nitrogens is 3. The highest BCUT2D eigenvalue weighted by Crippen LogP contribution is 2.42. The minimum absolute atomic E-state index is 0.0450. The first-order chi connectivity index (χ1) is 14.0. The minimum Gasteiger partial charge on any atom is -0.365 e. The van der Waals surface area contributed by atoms with E-state index in [9.17, 15) is 13.6 Å². The van der Waals surface area contributed by atoms with Crippen LogP contribution in [-0.4, -0.2) is 45.7 Å². The van der Waals surface area contributed by atoms with E-state index in [-0.39, 0.29) is 17.0 Å². The molecule has 9 heteroatoms. The second kappa shape index (κ2) is 7.90. The standard InChI is InChI=1S/C20H21F2N5OS/c1-23-19-24-16(13-29-19)20(14-5-3-2-4-6-14)8-11-26(12-9-20)17(28)15-7-10-27(25-15)18(21)22/h2-7,10,13,18H,8-9,11-12H2,1H3,(H,23,24). The molecule has 0 aliphatic carbocycles. The van der Waals surface area contributed by atoms with E-state index >= 15 is 0 Å². The van der Waals surface area contributed by atoms with Gasteiger partial charge in [-0.15, -0.1) is 11.3 Å². The Labute approximate surface area is 171 Å². The molecule has 1 amide bonds. The number of anilines is 1. The zero-order valence-corrected chi connectivity index (χ0v) is 16.7. The van der Waals surface area contributed by atoms with E-state index in [1.54, 1.807) is 16.2 Å². The lowest BCUT2D eigenvalue weighted by Gasteiger charge is -2.41. The Morgan fingerprint density at radius 3 is 2.52 bits per heavy atom. The van der Waals surface area contributed by atoms with Gasteiger partial charge in [0.1, 0.15) is 0 Å². The quantitative estimate of drug-likeness (QED) is 0.682. The number of likely N-dealkylation sites (tertiary alicyclic amines) is 1. The van der Waals surface area contributed by atoms with Crippen molar-refractivity contribution in [3.63, 3.8) is 0 Å². The number of rotatable bonds is 5.